The number of ketones is 1. The van der Waals surface area contributed by atoms with Gasteiger partial charge in [-0.1, -0.05) is 6.92 Å². The SMILES string of the molecule is CCCn1ncc(Br)c1C(=O)c1ccco1. The van der Waals surface area contributed by atoms with Crippen molar-refractivity contribution in [1.82, 2.24) is 9.78 Å². The summed E-state index contributed by atoms with van der Waals surface area (Å²) in [7, 11) is 0. The predicted octanol–water partition coefficient (Wildman–Crippen LogP) is 2.88. The van der Waals surface area contributed by atoms with E-state index in [1.165, 1.54) is 6.26 Å². The lowest BCUT2D eigenvalue weighted by atomic mass is 10.2. The van der Waals surface area contributed by atoms with Crippen LogP contribution >= 0.6 is 15.9 Å². The summed E-state index contributed by atoms with van der Waals surface area (Å²) in [6, 6.07) is 3.35. The van der Waals surface area contributed by atoms with Gasteiger partial charge < -0.3 is 4.42 Å². The molecule has 0 aliphatic heterocycles. The van der Waals surface area contributed by atoms with E-state index in [4.69, 9.17) is 4.42 Å². The third-order valence-corrected chi connectivity index (χ3v) is 2.77. The van der Waals surface area contributed by atoms with Crippen molar-refractivity contribution < 1.29 is 9.21 Å². The second kappa shape index (κ2) is 4.65. The molecule has 0 saturated carbocycles. The molecule has 0 saturated heterocycles. The third kappa shape index (κ3) is 1.95. The number of carbonyl (C=O) groups is 1. The topological polar surface area (TPSA) is 48.0 Å². The van der Waals surface area contributed by atoms with Gasteiger partial charge in [0.15, 0.2) is 5.76 Å². The second-order valence-electron chi connectivity index (χ2n) is 3.37. The highest BCUT2D eigenvalue weighted by atomic mass is 79.9. The van der Waals surface area contributed by atoms with Crippen molar-refractivity contribution in [2.24, 2.45) is 0 Å². The number of hydrogen-bond acceptors (Lipinski definition) is 3. The van der Waals surface area contributed by atoms with E-state index in [-0.39, 0.29) is 5.78 Å². The summed E-state index contributed by atoms with van der Waals surface area (Å²) in [5.41, 5.74) is 0.539. The minimum absolute atomic E-state index is 0.150. The van der Waals surface area contributed by atoms with Crippen LogP contribution < -0.4 is 0 Å². The standard InChI is InChI=1S/C11H11BrN2O2/c1-2-5-14-10(8(12)7-13-14)11(15)9-4-3-6-16-9/h3-4,6-7H,2,5H2,1H3. The van der Waals surface area contributed by atoms with E-state index in [0.29, 0.717) is 22.5 Å². The average Bonchev–Trinajstić information content (AvgIpc) is 2.88. The fourth-order valence-corrected chi connectivity index (χ4v) is 1.97. The van der Waals surface area contributed by atoms with Crippen LogP contribution in [0.4, 0.5) is 0 Å². The van der Waals surface area contributed by atoms with Gasteiger partial charge in [0.05, 0.1) is 16.9 Å². The molecule has 0 aliphatic rings. The molecular weight excluding hydrogens is 272 g/mol. The maximum Gasteiger partial charge on any atom is 0.247 e. The zero-order chi connectivity index (χ0) is 11.5. The van der Waals surface area contributed by atoms with Gasteiger partial charge in [-0.15, -0.1) is 0 Å². The Hall–Kier alpha value is -1.36. The largest absolute Gasteiger partial charge is 0.461 e. The van der Waals surface area contributed by atoms with Crippen molar-refractivity contribution in [1.29, 1.82) is 0 Å². The van der Waals surface area contributed by atoms with Crippen LogP contribution in [-0.2, 0) is 6.54 Å². The maximum atomic E-state index is 12.1. The van der Waals surface area contributed by atoms with Crippen molar-refractivity contribution in [3.05, 3.63) is 40.5 Å². The minimum Gasteiger partial charge on any atom is -0.461 e. The Morgan fingerprint density at radius 3 is 3.06 bits per heavy atom. The Labute approximate surface area is 101 Å². The summed E-state index contributed by atoms with van der Waals surface area (Å²) >= 11 is 3.33. The second-order valence-corrected chi connectivity index (χ2v) is 4.23. The molecule has 5 heteroatoms. The molecule has 0 aromatic carbocycles. The summed E-state index contributed by atoms with van der Waals surface area (Å²) in [6.45, 7) is 2.75. The Balaban J connectivity index is 2.39. The molecule has 0 fully saturated rings. The van der Waals surface area contributed by atoms with Crippen molar-refractivity contribution >= 4 is 21.7 Å². The number of nitrogens with zero attached hydrogens (tertiary/aromatic N) is 2. The Morgan fingerprint density at radius 2 is 2.44 bits per heavy atom. The highest BCUT2D eigenvalue weighted by molar-refractivity contribution is 9.10. The Kier molecular flexibility index (Phi) is 3.24. The van der Waals surface area contributed by atoms with Crippen LogP contribution in [0, 0.1) is 0 Å². The number of rotatable bonds is 4. The van der Waals surface area contributed by atoms with Gasteiger partial charge in [0, 0.05) is 6.54 Å². The van der Waals surface area contributed by atoms with E-state index in [0.717, 1.165) is 6.42 Å². The molecule has 0 atom stereocenters. The van der Waals surface area contributed by atoms with Crippen molar-refractivity contribution in [3.8, 4) is 0 Å². The van der Waals surface area contributed by atoms with Crippen LogP contribution in [0.1, 0.15) is 29.6 Å². The molecule has 84 valence electrons. The van der Waals surface area contributed by atoms with E-state index in [1.54, 1.807) is 23.0 Å². The lowest BCUT2D eigenvalue weighted by Crippen LogP contribution is -2.11. The van der Waals surface area contributed by atoms with Crippen molar-refractivity contribution in [2.75, 3.05) is 0 Å². The van der Waals surface area contributed by atoms with Gasteiger partial charge in [-0.05, 0) is 34.5 Å². The summed E-state index contributed by atoms with van der Waals surface area (Å²) in [5, 5.41) is 4.14. The van der Waals surface area contributed by atoms with Crippen LogP contribution in [0.25, 0.3) is 0 Å². The first kappa shape index (κ1) is 11.1. The molecular formula is C11H11BrN2O2. The van der Waals surface area contributed by atoms with E-state index < -0.39 is 0 Å². The molecule has 0 amide bonds. The molecule has 2 rings (SSSR count). The van der Waals surface area contributed by atoms with E-state index >= 15 is 0 Å². The lowest BCUT2D eigenvalue weighted by Gasteiger charge is -2.03. The summed E-state index contributed by atoms with van der Waals surface area (Å²) in [6.07, 6.45) is 4.04. The van der Waals surface area contributed by atoms with Crippen LogP contribution in [-0.4, -0.2) is 15.6 Å². The predicted molar refractivity (Wildman–Crippen MR) is 62.4 cm³/mol. The van der Waals surface area contributed by atoms with Gasteiger partial charge in [-0.3, -0.25) is 9.48 Å². The van der Waals surface area contributed by atoms with Crippen LogP contribution in [0.15, 0.2) is 33.5 Å². The molecule has 2 heterocycles. The number of aryl methyl sites for hydroxylation is 1. The third-order valence-electron chi connectivity index (χ3n) is 2.19. The molecule has 0 N–H and O–H groups in total. The normalized spacial score (nSPS) is 10.6. The zero-order valence-electron chi connectivity index (χ0n) is 8.81. The van der Waals surface area contributed by atoms with Gasteiger partial charge in [0.1, 0.15) is 5.69 Å². The van der Waals surface area contributed by atoms with Crippen LogP contribution in [0.2, 0.25) is 0 Å². The first-order chi connectivity index (χ1) is 7.74. The molecule has 2 aromatic heterocycles. The van der Waals surface area contributed by atoms with E-state index in [9.17, 15) is 4.79 Å². The zero-order valence-corrected chi connectivity index (χ0v) is 10.4. The fraction of sp³-hybridized carbons (Fsp3) is 0.273. The molecule has 0 unspecified atom stereocenters. The van der Waals surface area contributed by atoms with Gasteiger partial charge in [-0.25, -0.2) is 0 Å². The number of furan rings is 1. The lowest BCUT2D eigenvalue weighted by molar-refractivity contribution is 0.0998. The van der Waals surface area contributed by atoms with Crippen LogP contribution in [0.5, 0.6) is 0 Å². The van der Waals surface area contributed by atoms with Gasteiger partial charge in [0.2, 0.25) is 5.78 Å². The summed E-state index contributed by atoms with van der Waals surface area (Å²) < 4.78 is 7.48. The molecule has 0 radical (unpaired) electrons. The average molecular weight is 283 g/mol. The van der Waals surface area contributed by atoms with Gasteiger partial charge >= 0.3 is 0 Å². The quantitative estimate of drug-likeness (QED) is 0.810. The number of hydrogen-bond donors (Lipinski definition) is 0. The first-order valence-electron chi connectivity index (χ1n) is 5.03. The van der Waals surface area contributed by atoms with Gasteiger partial charge in [-0.2, -0.15) is 5.10 Å². The molecule has 0 aliphatic carbocycles. The molecule has 0 bridgehead atoms. The number of halogens is 1. The van der Waals surface area contributed by atoms with E-state index in [2.05, 4.69) is 21.0 Å². The Bertz CT molecular complexity index is 488. The monoisotopic (exact) mass is 282 g/mol. The number of carbonyl (C=O) groups excluding carboxylic acids is 1. The van der Waals surface area contributed by atoms with Crippen molar-refractivity contribution in [3.63, 3.8) is 0 Å². The summed E-state index contributed by atoms with van der Waals surface area (Å²) in [5.74, 6) is 0.182. The number of aromatic nitrogens is 2. The molecule has 2 aromatic rings. The van der Waals surface area contributed by atoms with Gasteiger partial charge in [0.25, 0.3) is 0 Å². The molecule has 4 nitrogen and oxygen atoms in total. The maximum absolute atomic E-state index is 12.1. The smallest absolute Gasteiger partial charge is 0.247 e. The van der Waals surface area contributed by atoms with E-state index in [1.807, 2.05) is 6.92 Å². The molecule has 0 spiro atoms. The fourth-order valence-electron chi connectivity index (χ4n) is 1.49. The van der Waals surface area contributed by atoms with Crippen molar-refractivity contribution in [2.45, 2.75) is 19.9 Å². The molecule has 16 heavy (non-hydrogen) atoms. The highest BCUT2D eigenvalue weighted by Crippen LogP contribution is 2.20. The first-order valence-corrected chi connectivity index (χ1v) is 5.83. The van der Waals surface area contributed by atoms with Crippen LogP contribution in [0.3, 0.4) is 0 Å². The minimum atomic E-state index is -0.150. The Morgan fingerprint density at radius 1 is 1.62 bits per heavy atom. The highest BCUT2D eigenvalue weighted by Gasteiger charge is 2.20. The summed E-state index contributed by atoms with van der Waals surface area (Å²) in [4.78, 5) is 12.1.